The SMILES string of the molecule is CCC1(c2ccc(OC)cc2)NC(=O)N(Cc2cccc(C(F)(F)F)c2)C1=O. The van der Waals surface area contributed by atoms with Gasteiger partial charge in [-0.1, -0.05) is 31.2 Å². The van der Waals surface area contributed by atoms with Gasteiger partial charge in [-0.25, -0.2) is 4.79 Å². The Balaban J connectivity index is 1.90. The maximum absolute atomic E-state index is 13.1. The van der Waals surface area contributed by atoms with Gasteiger partial charge in [0.15, 0.2) is 0 Å². The van der Waals surface area contributed by atoms with E-state index in [4.69, 9.17) is 4.74 Å². The highest BCUT2D eigenvalue weighted by Crippen LogP contribution is 2.35. The summed E-state index contributed by atoms with van der Waals surface area (Å²) in [6.07, 6.45) is -4.20. The number of carbonyl (C=O) groups excluding carboxylic acids is 2. The number of urea groups is 1. The fourth-order valence-electron chi connectivity index (χ4n) is 3.31. The second kappa shape index (κ2) is 7.18. The maximum Gasteiger partial charge on any atom is 0.416 e. The lowest BCUT2D eigenvalue weighted by atomic mass is 9.87. The number of benzene rings is 2. The van der Waals surface area contributed by atoms with E-state index >= 15 is 0 Å². The van der Waals surface area contributed by atoms with Crippen LogP contribution in [-0.2, 0) is 23.1 Å². The molecule has 28 heavy (non-hydrogen) atoms. The van der Waals surface area contributed by atoms with Crippen molar-refractivity contribution < 1.29 is 27.5 Å². The Morgan fingerprint density at radius 1 is 1.11 bits per heavy atom. The van der Waals surface area contributed by atoms with Crippen molar-refractivity contribution in [1.82, 2.24) is 10.2 Å². The van der Waals surface area contributed by atoms with E-state index in [0.29, 0.717) is 17.7 Å². The minimum Gasteiger partial charge on any atom is -0.497 e. The highest BCUT2D eigenvalue weighted by Gasteiger charge is 2.51. The molecule has 1 fully saturated rings. The molecule has 1 saturated heterocycles. The zero-order chi connectivity index (χ0) is 20.5. The maximum atomic E-state index is 13.1. The molecule has 148 valence electrons. The van der Waals surface area contributed by atoms with Crippen molar-refractivity contribution in [3.8, 4) is 5.75 Å². The van der Waals surface area contributed by atoms with Crippen LogP contribution in [0.1, 0.15) is 30.0 Å². The smallest absolute Gasteiger partial charge is 0.416 e. The van der Waals surface area contributed by atoms with Gasteiger partial charge in [0, 0.05) is 0 Å². The Kier molecular flexibility index (Phi) is 5.06. The van der Waals surface area contributed by atoms with E-state index in [-0.39, 0.29) is 12.1 Å². The summed E-state index contributed by atoms with van der Waals surface area (Å²) >= 11 is 0. The second-order valence-corrected chi connectivity index (χ2v) is 6.51. The summed E-state index contributed by atoms with van der Waals surface area (Å²) in [7, 11) is 1.52. The lowest BCUT2D eigenvalue weighted by Crippen LogP contribution is -2.43. The number of amides is 3. The van der Waals surface area contributed by atoms with Gasteiger partial charge >= 0.3 is 12.2 Å². The largest absolute Gasteiger partial charge is 0.497 e. The molecule has 1 unspecified atom stereocenters. The number of hydrogen-bond acceptors (Lipinski definition) is 3. The van der Waals surface area contributed by atoms with Gasteiger partial charge in [0.1, 0.15) is 11.3 Å². The van der Waals surface area contributed by atoms with Gasteiger partial charge in [0.2, 0.25) is 0 Å². The van der Waals surface area contributed by atoms with E-state index in [2.05, 4.69) is 5.32 Å². The van der Waals surface area contributed by atoms with Crippen molar-refractivity contribution in [3.05, 3.63) is 65.2 Å². The number of alkyl halides is 3. The van der Waals surface area contributed by atoms with E-state index in [9.17, 15) is 22.8 Å². The molecule has 1 N–H and O–H groups in total. The third-order valence-electron chi connectivity index (χ3n) is 4.88. The van der Waals surface area contributed by atoms with Crippen LogP contribution in [0, 0.1) is 0 Å². The zero-order valence-electron chi connectivity index (χ0n) is 15.3. The fraction of sp³-hybridized carbons (Fsp3) is 0.300. The number of nitrogens with one attached hydrogen (secondary N) is 1. The normalized spacial score (nSPS) is 19.7. The Hall–Kier alpha value is -3.03. The molecule has 3 rings (SSSR count). The van der Waals surface area contributed by atoms with Crippen molar-refractivity contribution in [3.63, 3.8) is 0 Å². The second-order valence-electron chi connectivity index (χ2n) is 6.51. The molecule has 1 aliphatic rings. The van der Waals surface area contributed by atoms with Crippen LogP contribution in [0.3, 0.4) is 0 Å². The van der Waals surface area contributed by atoms with Crippen molar-refractivity contribution in [1.29, 1.82) is 0 Å². The molecular weight excluding hydrogens is 373 g/mol. The lowest BCUT2D eigenvalue weighted by Gasteiger charge is -2.26. The first-order chi connectivity index (χ1) is 13.2. The molecule has 8 heteroatoms. The van der Waals surface area contributed by atoms with Crippen LogP contribution in [0.25, 0.3) is 0 Å². The molecule has 1 atom stereocenters. The summed E-state index contributed by atoms with van der Waals surface area (Å²) in [5.41, 5.74) is -1.28. The van der Waals surface area contributed by atoms with Crippen molar-refractivity contribution in [2.75, 3.05) is 7.11 Å². The Bertz CT molecular complexity index is 896. The van der Waals surface area contributed by atoms with Crippen LogP contribution in [-0.4, -0.2) is 23.9 Å². The molecule has 0 spiro atoms. The zero-order valence-corrected chi connectivity index (χ0v) is 15.3. The molecular formula is C20H19F3N2O3. The van der Waals surface area contributed by atoms with Crippen molar-refractivity contribution >= 4 is 11.9 Å². The highest BCUT2D eigenvalue weighted by molar-refractivity contribution is 6.07. The molecule has 3 amide bonds. The minimum atomic E-state index is -4.50. The Morgan fingerprint density at radius 2 is 1.79 bits per heavy atom. The molecule has 0 bridgehead atoms. The number of methoxy groups -OCH3 is 1. The first kappa shape index (κ1) is 19.7. The summed E-state index contributed by atoms with van der Waals surface area (Å²) in [5.74, 6) is 0.107. The first-order valence-electron chi connectivity index (χ1n) is 8.66. The van der Waals surface area contributed by atoms with Crippen LogP contribution < -0.4 is 10.1 Å². The molecule has 0 aliphatic carbocycles. The number of hydrogen-bond donors (Lipinski definition) is 1. The van der Waals surface area contributed by atoms with Crippen LogP contribution in [0.15, 0.2) is 48.5 Å². The minimum absolute atomic E-state index is 0.222. The highest BCUT2D eigenvalue weighted by atomic mass is 19.4. The quantitative estimate of drug-likeness (QED) is 0.781. The van der Waals surface area contributed by atoms with Gasteiger partial charge < -0.3 is 10.1 Å². The predicted molar refractivity (Wildman–Crippen MR) is 95.5 cm³/mol. The summed E-state index contributed by atoms with van der Waals surface area (Å²) in [5, 5.41) is 2.71. The fourth-order valence-corrected chi connectivity index (χ4v) is 3.31. The number of rotatable bonds is 5. The molecule has 2 aromatic carbocycles. The molecule has 5 nitrogen and oxygen atoms in total. The average Bonchev–Trinajstić information content (AvgIpc) is 2.93. The van der Waals surface area contributed by atoms with E-state index in [1.807, 2.05) is 0 Å². The third-order valence-corrected chi connectivity index (χ3v) is 4.88. The molecule has 0 saturated carbocycles. The Labute approximate surface area is 160 Å². The molecule has 1 aliphatic heterocycles. The summed E-state index contributed by atoms with van der Waals surface area (Å²) in [6, 6.07) is 10.7. The van der Waals surface area contributed by atoms with Gasteiger partial charge in [-0.3, -0.25) is 9.69 Å². The molecule has 0 radical (unpaired) electrons. The van der Waals surface area contributed by atoms with E-state index in [1.165, 1.54) is 19.2 Å². The van der Waals surface area contributed by atoms with Crippen LogP contribution in [0.2, 0.25) is 0 Å². The number of halogens is 3. The van der Waals surface area contributed by atoms with Crippen molar-refractivity contribution in [2.24, 2.45) is 0 Å². The molecule has 2 aromatic rings. The first-order valence-corrected chi connectivity index (χ1v) is 8.66. The monoisotopic (exact) mass is 392 g/mol. The number of imide groups is 1. The van der Waals surface area contributed by atoms with Crippen LogP contribution in [0.5, 0.6) is 5.75 Å². The van der Waals surface area contributed by atoms with Crippen LogP contribution in [0.4, 0.5) is 18.0 Å². The topological polar surface area (TPSA) is 58.6 Å². The molecule has 1 heterocycles. The number of carbonyl (C=O) groups is 2. The summed E-state index contributed by atoms with van der Waals surface area (Å²) in [6.45, 7) is 1.52. The van der Waals surface area contributed by atoms with E-state index in [1.54, 1.807) is 31.2 Å². The van der Waals surface area contributed by atoms with E-state index < -0.39 is 29.2 Å². The van der Waals surface area contributed by atoms with E-state index in [0.717, 1.165) is 17.0 Å². The van der Waals surface area contributed by atoms with Gasteiger partial charge in [0.25, 0.3) is 5.91 Å². The van der Waals surface area contributed by atoms with Crippen LogP contribution >= 0.6 is 0 Å². The average molecular weight is 392 g/mol. The Morgan fingerprint density at radius 3 is 2.36 bits per heavy atom. The summed E-state index contributed by atoms with van der Waals surface area (Å²) in [4.78, 5) is 26.5. The summed E-state index contributed by atoms with van der Waals surface area (Å²) < 4.78 is 43.9. The number of nitrogens with zero attached hydrogens (tertiary/aromatic N) is 1. The van der Waals surface area contributed by atoms with Crippen molar-refractivity contribution in [2.45, 2.75) is 31.6 Å². The predicted octanol–water partition coefficient (Wildman–Crippen LogP) is 4.07. The van der Waals surface area contributed by atoms with Gasteiger partial charge in [-0.05, 0) is 41.8 Å². The van der Waals surface area contributed by atoms with Gasteiger partial charge in [-0.15, -0.1) is 0 Å². The standard InChI is InChI=1S/C20H19F3N2O3/c1-3-19(14-7-9-16(28-2)10-8-14)17(26)25(18(27)24-19)12-13-5-4-6-15(11-13)20(21,22)23/h4-11H,3,12H2,1-2H3,(H,24,27). The third kappa shape index (κ3) is 3.42. The molecule has 0 aromatic heterocycles. The van der Waals surface area contributed by atoms with Gasteiger partial charge in [-0.2, -0.15) is 13.2 Å². The number of ether oxygens (including phenoxy) is 1. The van der Waals surface area contributed by atoms with Gasteiger partial charge in [0.05, 0.1) is 19.2 Å². The lowest BCUT2D eigenvalue weighted by molar-refractivity contribution is -0.137.